The number of phenols is 1. The first-order valence-corrected chi connectivity index (χ1v) is 9.26. The van der Waals surface area contributed by atoms with Gasteiger partial charge in [0.25, 0.3) is 0 Å². The maximum atomic E-state index is 9.83. The molecule has 0 atom stereocenters. The van der Waals surface area contributed by atoms with Crippen LogP contribution in [-0.4, -0.2) is 47.5 Å². The van der Waals surface area contributed by atoms with E-state index in [-0.39, 0.29) is 5.75 Å². The summed E-state index contributed by atoms with van der Waals surface area (Å²) in [5, 5.41) is 14.1. The minimum absolute atomic E-state index is 0.205. The number of para-hydroxylation sites is 1. The molecule has 2 fully saturated rings. The van der Waals surface area contributed by atoms with Crippen molar-refractivity contribution in [2.24, 2.45) is 5.10 Å². The van der Waals surface area contributed by atoms with Crippen molar-refractivity contribution in [1.29, 1.82) is 0 Å². The molecule has 7 nitrogen and oxygen atoms in total. The lowest BCUT2D eigenvalue weighted by atomic mass is 10.2. The molecule has 0 unspecified atom stereocenters. The van der Waals surface area contributed by atoms with E-state index in [0.29, 0.717) is 11.4 Å². The lowest BCUT2D eigenvalue weighted by Gasteiger charge is -2.21. The molecule has 0 bridgehead atoms. The summed E-state index contributed by atoms with van der Waals surface area (Å²) in [6, 6.07) is 9.06. The number of hydrogen-bond acceptors (Lipinski definition) is 7. The molecule has 26 heavy (non-hydrogen) atoms. The number of benzene rings is 1. The van der Waals surface area contributed by atoms with Gasteiger partial charge in [0.2, 0.25) is 5.95 Å². The molecule has 1 aromatic carbocycles. The normalized spacial score (nSPS) is 17.4. The minimum Gasteiger partial charge on any atom is -0.507 e. The van der Waals surface area contributed by atoms with Gasteiger partial charge in [0.15, 0.2) is 5.82 Å². The molecule has 0 spiro atoms. The highest BCUT2D eigenvalue weighted by Gasteiger charge is 2.20. The highest BCUT2D eigenvalue weighted by atomic mass is 16.3. The van der Waals surface area contributed by atoms with Crippen molar-refractivity contribution in [2.45, 2.75) is 25.7 Å². The molecule has 2 saturated heterocycles. The van der Waals surface area contributed by atoms with E-state index in [4.69, 9.17) is 4.98 Å². The largest absolute Gasteiger partial charge is 0.507 e. The highest BCUT2D eigenvalue weighted by Crippen LogP contribution is 2.25. The number of phenolic OH excluding ortho intramolecular Hbond substituents is 1. The predicted octanol–water partition coefficient (Wildman–Crippen LogP) is 2.83. The Bertz CT molecular complexity index is 747. The summed E-state index contributed by atoms with van der Waals surface area (Å²) in [4.78, 5) is 14.0. The number of rotatable bonds is 5. The molecular weight excluding hydrogens is 328 g/mol. The molecule has 7 heteroatoms. The van der Waals surface area contributed by atoms with Crippen LogP contribution in [0.1, 0.15) is 31.2 Å². The number of hydrogen-bond donors (Lipinski definition) is 2. The van der Waals surface area contributed by atoms with Gasteiger partial charge in [-0.2, -0.15) is 15.1 Å². The molecule has 0 amide bonds. The van der Waals surface area contributed by atoms with Crippen molar-refractivity contribution in [3.63, 3.8) is 0 Å². The van der Waals surface area contributed by atoms with Gasteiger partial charge in [0.05, 0.1) is 6.21 Å². The third-order valence-corrected chi connectivity index (χ3v) is 4.84. The van der Waals surface area contributed by atoms with Crippen LogP contribution >= 0.6 is 0 Å². The van der Waals surface area contributed by atoms with Crippen LogP contribution in [0.3, 0.4) is 0 Å². The molecule has 1 aromatic heterocycles. The highest BCUT2D eigenvalue weighted by molar-refractivity contribution is 5.83. The Hall–Kier alpha value is -2.83. The van der Waals surface area contributed by atoms with Crippen LogP contribution in [0, 0.1) is 0 Å². The van der Waals surface area contributed by atoms with Crippen molar-refractivity contribution in [3.05, 3.63) is 35.9 Å². The van der Waals surface area contributed by atoms with E-state index in [1.165, 1.54) is 25.7 Å². The Balaban J connectivity index is 1.56. The molecule has 0 saturated carbocycles. The van der Waals surface area contributed by atoms with Crippen molar-refractivity contribution in [3.8, 4) is 5.75 Å². The summed E-state index contributed by atoms with van der Waals surface area (Å²) < 4.78 is 0. The first-order valence-electron chi connectivity index (χ1n) is 9.26. The van der Waals surface area contributed by atoms with Gasteiger partial charge in [0.1, 0.15) is 11.6 Å². The monoisotopic (exact) mass is 352 g/mol. The number of aromatic hydroxyl groups is 1. The van der Waals surface area contributed by atoms with Crippen molar-refractivity contribution in [2.75, 3.05) is 41.4 Å². The van der Waals surface area contributed by atoms with Crippen LogP contribution in [0.4, 0.5) is 17.6 Å². The second-order valence-electron chi connectivity index (χ2n) is 6.73. The number of anilines is 3. The molecule has 136 valence electrons. The smallest absolute Gasteiger partial charge is 0.229 e. The van der Waals surface area contributed by atoms with E-state index in [0.717, 1.165) is 37.9 Å². The third kappa shape index (κ3) is 3.71. The van der Waals surface area contributed by atoms with E-state index in [2.05, 4.69) is 25.3 Å². The van der Waals surface area contributed by atoms with E-state index in [1.54, 1.807) is 18.3 Å². The van der Waals surface area contributed by atoms with Gasteiger partial charge >= 0.3 is 0 Å². The van der Waals surface area contributed by atoms with Crippen LogP contribution in [0.15, 0.2) is 35.4 Å². The molecule has 2 aliphatic rings. The minimum atomic E-state index is 0.205. The lowest BCUT2D eigenvalue weighted by Crippen LogP contribution is -2.24. The van der Waals surface area contributed by atoms with Gasteiger partial charge in [-0.15, -0.1) is 0 Å². The molecular formula is C19H24N6O. The zero-order valence-corrected chi connectivity index (χ0v) is 14.8. The van der Waals surface area contributed by atoms with Gasteiger partial charge in [-0.05, 0) is 37.8 Å². The maximum Gasteiger partial charge on any atom is 0.229 e. The Labute approximate surface area is 153 Å². The molecule has 0 radical (unpaired) electrons. The molecule has 2 N–H and O–H groups in total. The Kier molecular flexibility index (Phi) is 4.86. The Morgan fingerprint density at radius 1 is 0.962 bits per heavy atom. The molecule has 4 rings (SSSR count). The number of aromatic nitrogens is 2. The number of hydrazone groups is 1. The van der Waals surface area contributed by atoms with Crippen LogP contribution in [0.2, 0.25) is 0 Å². The average molecular weight is 352 g/mol. The summed E-state index contributed by atoms with van der Waals surface area (Å²) in [6.45, 7) is 4.09. The molecule has 3 heterocycles. The molecule has 0 aliphatic carbocycles. The van der Waals surface area contributed by atoms with Gasteiger partial charge in [0, 0.05) is 37.8 Å². The zero-order valence-electron chi connectivity index (χ0n) is 14.8. The SMILES string of the molecule is Oc1ccccc1C=NNc1cc(N2CCCC2)nc(N2CCCC2)n1. The van der Waals surface area contributed by atoms with Gasteiger partial charge in [-0.3, -0.25) is 5.43 Å². The summed E-state index contributed by atoms with van der Waals surface area (Å²) in [6.07, 6.45) is 6.38. The summed E-state index contributed by atoms with van der Waals surface area (Å²) in [5.74, 6) is 2.61. The first-order chi connectivity index (χ1) is 12.8. The second kappa shape index (κ2) is 7.59. The van der Waals surface area contributed by atoms with E-state index >= 15 is 0 Å². The van der Waals surface area contributed by atoms with Crippen molar-refractivity contribution < 1.29 is 5.11 Å². The summed E-state index contributed by atoms with van der Waals surface area (Å²) in [7, 11) is 0. The van der Waals surface area contributed by atoms with E-state index in [1.807, 2.05) is 18.2 Å². The van der Waals surface area contributed by atoms with Gasteiger partial charge in [-0.1, -0.05) is 12.1 Å². The van der Waals surface area contributed by atoms with Crippen LogP contribution in [0.5, 0.6) is 5.75 Å². The van der Waals surface area contributed by atoms with Gasteiger partial charge < -0.3 is 14.9 Å². The molecule has 2 aromatic rings. The van der Waals surface area contributed by atoms with Crippen LogP contribution in [-0.2, 0) is 0 Å². The third-order valence-electron chi connectivity index (χ3n) is 4.84. The fourth-order valence-corrected chi connectivity index (χ4v) is 3.41. The maximum absolute atomic E-state index is 9.83. The Morgan fingerprint density at radius 3 is 2.38 bits per heavy atom. The van der Waals surface area contributed by atoms with Crippen LogP contribution in [0.25, 0.3) is 0 Å². The standard InChI is InChI=1S/C19H24N6O/c26-16-8-2-1-7-15(16)14-20-23-17-13-18(24-9-3-4-10-24)22-19(21-17)25-11-5-6-12-25/h1-2,7-8,13-14,26H,3-6,9-12H2,(H,21,22,23). The van der Waals surface area contributed by atoms with E-state index < -0.39 is 0 Å². The zero-order chi connectivity index (χ0) is 17.8. The fourth-order valence-electron chi connectivity index (χ4n) is 3.41. The average Bonchev–Trinajstić information content (AvgIpc) is 3.37. The fraction of sp³-hybridized carbons (Fsp3) is 0.421. The van der Waals surface area contributed by atoms with Crippen LogP contribution < -0.4 is 15.2 Å². The second-order valence-corrected chi connectivity index (χ2v) is 6.73. The van der Waals surface area contributed by atoms with Crippen molar-refractivity contribution in [1.82, 2.24) is 9.97 Å². The van der Waals surface area contributed by atoms with Gasteiger partial charge in [-0.25, -0.2) is 0 Å². The molecule has 2 aliphatic heterocycles. The summed E-state index contributed by atoms with van der Waals surface area (Å²) >= 11 is 0. The first kappa shape index (κ1) is 16.6. The number of nitrogens with one attached hydrogen (secondary N) is 1. The topological polar surface area (TPSA) is 76.9 Å². The quantitative estimate of drug-likeness (QED) is 0.636. The summed E-state index contributed by atoms with van der Waals surface area (Å²) in [5.41, 5.74) is 3.66. The number of nitrogens with zero attached hydrogens (tertiary/aromatic N) is 5. The van der Waals surface area contributed by atoms with E-state index in [9.17, 15) is 5.11 Å². The lowest BCUT2D eigenvalue weighted by molar-refractivity contribution is 0.474. The predicted molar refractivity (Wildman–Crippen MR) is 104 cm³/mol. The van der Waals surface area contributed by atoms with Crippen molar-refractivity contribution >= 4 is 23.8 Å². The Morgan fingerprint density at radius 2 is 1.65 bits per heavy atom.